The van der Waals surface area contributed by atoms with E-state index in [0.717, 1.165) is 47.9 Å². The first kappa shape index (κ1) is 30.8. The van der Waals surface area contributed by atoms with E-state index in [1.807, 2.05) is 67.6 Å². The molecule has 0 radical (unpaired) electrons. The van der Waals surface area contributed by atoms with Crippen molar-refractivity contribution in [3.8, 4) is 5.75 Å². The summed E-state index contributed by atoms with van der Waals surface area (Å²) in [5.74, 6) is 0.00481. The second-order valence-electron chi connectivity index (χ2n) is 11.8. The molecule has 1 unspecified atom stereocenters. The highest BCUT2D eigenvalue weighted by Gasteiger charge is 2.34. The lowest BCUT2D eigenvalue weighted by atomic mass is 9.83. The van der Waals surface area contributed by atoms with Crippen LogP contribution in [0.5, 0.6) is 5.75 Å². The van der Waals surface area contributed by atoms with E-state index in [9.17, 15) is 14.4 Å². The van der Waals surface area contributed by atoms with Crippen molar-refractivity contribution in [1.82, 2.24) is 5.01 Å². The normalized spacial score (nSPS) is 16.1. The Kier molecular flexibility index (Phi) is 9.32. The van der Waals surface area contributed by atoms with Crippen molar-refractivity contribution in [3.05, 3.63) is 95.1 Å². The fraction of sp³-hybridized carbons (Fsp3) is 0.371. The van der Waals surface area contributed by atoms with Gasteiger partial charge in [0.05, 0.1) is 19.6 Å². The predicted molar refractivity (Wildman–Crippen MR) is 167 cm³/mol. The molecule has 0 spiro atoms. The summed E-state index contributed by atoms with van der Waals surface area (Å²) in [4.78, 5) is 38.7. The molecule has 2 amide bonds. The molecule has 3 aromatic carbocycles. The Balaban J connectivity index is 1.33. The Morgan fingerprint density at radius 3 is 2.41 bits per heavy atom. The average molecular weight is 598 g/mol. The van der Waals surface area contributed by atoms with Gasteiger partial charge in [-0.15, -0.1) is 5.10 Å². The largest absolute Gasteiger partial charge is 0.476 e. The summed E-state index contributed by atoms with van der Waals surface area (Å²) in [7, 11) is 1.32. The molecule has 1 saturated carbocycles. The molecule has 1 atom stereocenters. The maximum atomic E-state index is 13.9. The Bertz CT molecular complexity index is 1530. The van der Waals surface area contributed by atoms with Crippen molar-refractivity contribution in [1.29, 1.82) is 0 Å². The number of hydrogen-bond donors (Lipinski definition) is 1. The Labute approximate surface area is 258 Å². The summed E-state index contributed by atoms with van der Waals surface area (Å²) >= 11 is 0. The number of benzene rings is 3. The van der Waals surface area contributed by atoms with Crippen molar-refractivity contribution in [2.24, 2.45) is 11.0 Å². The molecule has 9 nitrogen and oxygen atoms in total. The van der Waals surface area contributed by atoms with Gasteiger partial charge in [0.1, 0.15) is 5.75 Å². The molecule has 230 valence electrons. The zero-order chi connectivity index (χ0) is 31.3. The number of carbonyl (C=O) groups is 3. The zero-order valence-electron chi connectivity index (χ0n) is 25.7. The number of anilines is 1. The summed E-state index contributed by atoms with van der Waals surface area (Å²) in [5.41, 5.74) is 2.81. The molecule has 9 heteroatoms. The molecule has 2 aliphatic rings. The number of esters is 1. The summed E-state index contributed by atoms with van der Waals surface area (Å²) in [6, 6.07) is 22.8. The number of rotatable bonds is 10. The van der Waals surface area contributed by atoms with Gasteiger partial charge in [-0.25, -0.2) is 9.80 Å². The topological polar surface area (TPSA) is 107 Å². The number of methoxy groups -OCH3 is 1. The zero-order valence-corrected chi connectivity index (χ0v) is 25.7. The number of ether oxygens (including phenoxy) is 3. The second kappa shape index (κ2) is 13.3. The monoisotopic (exact) mass is 597 g/mol. The van der Waals surface area contributed by atoms with E-state index in [1.54, 1.807) is 26.0 Å². The van der Waals surface area contributed by atoms with Gasteiger partial charge in [0.2, 0.25) is 11.8 Å². The number of hydrogen-bond acceptors (Lipinski definition) is 7. The van der Waals surface area contributed by atoms with Crippen molar-refractivity contribution >= 4 is 29.4 Å². The number of carbonyl (C=O) groups excluding carboxylic acids is 3. The van der Waals surface area contributed by atoms with Crippen LogP contribution in [0, 0.1) is 12.8 Å². The van der Waals surface area contributed by atoms with Crippen LogP contribution in [0.15, 0.2) is 77.9 Å². The van der Waals surface area contributed by atoms with Crippen molar-refractivity contribution in [2.45, 2.75) is 64.5 Å². The third-order valence-electron chi connectivity index (χ3n) is 8.26. The Hall–Kier alpha value is -4.66. The molecule has 44 heavy (non-hydrogen) atoms. The summed E-state index contributed by atoms with van der Waals surface area (Å²) < 4.78 is 16.4. The quantitative estimate of drug-likeness (QED) is 0.289. The number of amides is 2. The van der Waals surface area contributed by atoms with Gasteiger partial charge in [0.15, 0.2) is 12.2 Å². The van der Waals surface area contributed by atoms with Gasteiger partial charge < -0.3 is 19.5 Å². The lowest BCUT2D eigenvalue weighted by Gasteiger charge is -2.27. The van der Waals surface area contributed by atoms with Crippen molar-refractivity contribution in [2.75, 3.05) is 19.0 Å². The van der Waals surface area contributed by atoms with E-state index in [-0.39, 0.29) is 30.3 Å². The smallest absolute Gasteiger partial charge is 0.349 e. The first-order valence-corrected chi connectivity index (χ1v) is 15.0. The molecule has 5 rings (SSSR count). The van der Waals surface area contributed by atoms with Crippen LogP contribution in [0.3, 0.4) is 0 Å². The van der Waals surface area contributed by atoms with Gasteiger partial charge in [-0.2, -0.15) is 0 Å². The third-order valence-corrected chi connectivity index (χ3v) is 8.26. The molecular formula is C35H39N3O6. The maximum absolute atomic E-state index is 13.9. The van der Waals surface area contributed by atoms with Gasteiger partial charge in [-0.1, -0.05) is 61.4 Å². The molecule has 1 aliphatic carbocycles. The number of hydrazone groups is 1. The van der Waals surface area contributed by atoms with Crippen LogP contribution >= 0.6 is 0 Å². The standard InChI is InChI=1S/C35H39N3O6/c1-23-28(15-10-16-29(23)44-35(2,3)34(41)42-4)36-32(40)31(25-11-8-9-12-25)26-19-17-24(18-20-26)21-38-30(39)22-43-33(37-38)27-13-6-5-7-14-27/h5-7,10,13-20,25,31H,8-9,11-12,21-22H2,1-4H3,(H,36,40). The van der Waals surface area contributed by atoms with E-state index < -0.39 is 11.6 Å². The third kappa shape index (κ3) is 6.93. The molecule has 0 saturated heterocycles. The van der Waals surface area contributed by atoms with Crippen molar-refractivity contribution < 1.29 is 28.6 Å². The van der Waals surface area contributed by atoms with Gasteiger partial charge in [-0.3, -0.25) is 9.59 Å². The van der Waals surface area contributed by atoms with E-state index in [0.29, 0.717) is 23.9 Å². The minimum Gasteiger partial charge on any atom is -0.476 e. The molecule has 1 N–H and O–H groups in total. The predicted octanol–water partition coefficient (Wildman–Crippen LogP) is 5.96. The first-order valence-electron chi connectivity index (χ1n) is 15.0. The average Bonchev–Trinajstić information content (AvgIpc) is 3.55. The molecule has 0 aromatic heterocycles. The number of nitrogens with one attached hydrogen (secondary N) is 1. The molecule has 1 heterocycles. The highest BCUT2D eigenvalue weighted by Crippen LogP contribution is 2.39. The van der Waals surface area contributed by atoms with Crippen LogP contribution in [0.2, 0.25) is 0 Å². The fourth-order valence-electron chi connectivity index (χ4n) is 5.81. The minimum atomic E-state index is -1.18. The Morgan fingerprint density at radius 2 is 1.73 bits per heavy atom. The lowest BCUT2D eigenvalue weighted by Crippen LogP contribution is -2.39. The van der Waals surface area contributed by atoms with Crippen LogP contribution in [-0.4, -0.2) is 48.0 Å². The highest BCUT2D eigenvalue weighted by molar-refractivity contribution is 5.98. The summed E-state index contributed by atoms with van der Waals surface area (Å²) in [5, 5.41) is 9.03. The molecule has 3 aromatic rings. The summed E-state index contributed by atoms with van der Waals surface area (Å²) in [6.07, 6.45) is 4.15. The first-order chi connectivity index (χ1) is 21.2. The molecule has 0 bridgehead atoms. The van der Waals surface area contributed by atoms with Crippen LogP contribution in [0.25, 0.3) is 0 Å². The van der Waals surface area contributed by atoms with Crippen LogP contribution in [-0.2, 0) is 30.4 Å². The molecule has 1 fully saturated rings. The summed E-state index contributed by atoms with van der Waals surface area (Å²) in [6.45, 7) is 5.38. The fourth-order valence-corrected chi connectivity index (χ4v) is 5.81. The molecule has 1 aliphatic heterocycles. The van der Waals surface area contributed by atoms with Crippen LogP contribution in [0.1, 0.15) is 67.7 Å². The van der Waals surface area contributed by atoms with Crippen LogP contribution < -0.4 is 10.1 Å². The van der Waals surface area contributed by atoms with Gasteiger partial charge in [-0.05, 0) is 74.9 Å². The highest BCUT2D eigenvalue weighted by atomic mass is 16.6. The van der Waals surface area contributed by atoms with Gasteiger partial charge in [0.25, 0.3) is 5.91 Å². The van der Waals surface area contributed by atoms with E-state index >= 15 is 0 Å². The van der Waals surface area contributed by atoms with E-state index in [2.05, 4.69) is 10.4 Å². The maximum Gasteiger partial charge on any atom is 0.349 e. The minimum absolute atomic E-state index is 0.0679. The number of nitrogens with zero attached hydrogens (tertiary/aromatic N) is 2. The van der Waals surface area contributed by atoms with Crippen LogP contribution in [0.4, 0.5) is 5.69 Å². The van der Waals surface area contributed by atoms with Gasteiger partial charge in [0, 0.05) is 16.8 Å². The van der Waals surface area contributed by atoms with E-state index in [4.69, 9.17) is 14.2 Å². The lowest BCUT2D eigenvalue weighted by molar-refractivity contribution is -0.156. The molecular weight excluding hydrogens is 558 g/mol. The van der Waals surface area contributed by atoms with Crippen molar-refractivity contribution in [3.63, 3.8) is 0 Å². The SMILES string of the molecule is COC(=O)C(C)(C)Oc1cccc(NC(=O)C(c2ccc(CN3N=C(c4ccccc4)OCC3=O)cc2)C2CCCC2)c1C. The second-order valence-corrected chi connectivity index (χ2v) is 11.8. The van der Waals surface area contributed by atoms with Gasteiger partial charge >= 0.3 is 5.97 Å². The Morgan fingerprint density at radius 1 is 1.02 bits per heavy atom. The van der Waals surface area contributed by atoms with E-state index in [1.165, 1.54) is 12.1 Å².